The molecule has 0 fully saturated rings. The summed E-state index contributed by atoms with van der Waals surface area (Å²) in [5.74, 6) is -0.911. The Bertz CT molecular complexity index is 608. The zero-order valence-electron chi connectivity index (χ0n) is 9.97. The summed E-state index contributed by atoms with van der Waals surface area (Å²) in [6, 6.07) is 11.4. The number of benzene rings is 1. The topological polar surface area (TPSA) is 66.0 Å². The summed E-state index contributed by atoms with van der Waals surface area (Å²) in [5.41, 5.74) is 1.25. The highest BCUT2D eigenvalue weighted by Gasteiger charge is 2.13. The number of carbonyl (C=O) groups is 1. The summed E-state index contributed by atoms with van der Waals surface area (Å²) in [6.45, 7) is 0.636. The van der Waals surface area contributed by atoms with Crippen LogP contribution in [0.4, 0.5) is 0 Å². The van der Waals surface area contributed by atoms with Gasteiger partial charge in [-0.15, -0.1) is 0 Å². The minimum absolute atomic E-state index is 0.313. The minimum Gasteiger partial charge on any atom is -0.477 e. The first-order chi connectivity index (χ1) is 8.74. The average Bonchev–Trinajstić information content (AvgIpc) is 2.74. The quantitative estimate of drug-likeness (QED) is 0.819. The molecule has 0 aliphatic heterocycles. The number of hydrogen-bond donors (Lipinski definition) is 1. The highest BCUT2D eigenvalue weighted by atomic mass is 16.4. The van der Waals surface area contributed by atoms with Crippen molar-refractivity contribution < 1.29 is 9.90 Å². The van der Waals surface area contributed by atoms with E-state index in [1.165, 1.54) is 0 Å². The van der Waals surface area contributed by atoms with Crippen molar-refractivity contribution >= 4 is 16.9 Å². The average molecular weight is 242 g/mol. The van der Waals surface area contributed by atoms with Crippen molar-refractivity contribution in [3.8, 4) is 6.07 Å². The number of nitrogens with zero attached hydrogens (tertiary/aromatic N) is 2. The van der Waals surface area contributed by atoms with Gasteiger partial charge in [-0.25, -0.2) is 4.79 Å². The molecule has 0 bridgehead atoms. The van der Waals surface area contributed by atoms with Crippen LogP contribution >= 0.6 is 0 Å². The number of para-hydroxylation sites is 1. The zero-order chi connectivity index (χ0) is 13.0. The molecule has 2 aromatic rings. The Morgan fingerprint density at radius 3 is 2.83 bits per heavy atom. The molecule has 1 aromatic heterocycles. The number of aromatic carboxylic acids is 1. The normalized spacial score (nSPS) is 10.4. The number of carboxylic acids is 1. The van der Waals surface area contributed by atoms with Gasteiger partial charge in [0.05, 0.1) is 6.07 Å². The lowest BCUT2D eigenvalue weighted by Crippen LogP contribution is -2.08. The summed E-state index contributed by atoms with van der Waals surface area (Å²) in [4.78, 5) is 11.2. The van der Waals surface area contributed by atoms with Gasteiger partial charge in [-0.1, -0.05) is 18.2 Å². The van der Waals surface area contributed by atoms with Crippen LogP contribution in [0.25, 0.3) is 10.9 Å². The number of aromatic nitrogens is 1. The number of rotatable bonds is 5. The number of aryl methyl sites for hydroxylation is 1. The van der Waals surface area contributed by atoms with E-state index in [0.717, 1.165) is 23.7 Å². The van der Waals surface area contributed by atoms with Gasteiger partial charge in [-0.05, 0) is 25.0 Å². The number of fused-ring (bicyclic) bond motifs is 1. The maximum Gasteiger partial charge on any atom is 0.352 e. The maximum atomic E-state index is 11.2. The molecule has 1 heterocycles. The van der Waals surface area contributed by atoms with E-state index in [-0.39, 0.29) is 0 Å². The fourth-order valence-corrected chi connectivity index (χ4v) is 2.10. The molecule has 0 atom stereocenters. The lowest BCUT2D eigenvalue weighted by Gasteiger charge is -2.07. The van der Waals surface area contributed by atoms with Gasteiger partial charge in [-0.2, -0.15) is 5.26 Å². The van der Waals surface area contributed by atoms with Crippen LogP contribution in [0.1, 0.15) is 29.8 Å². The van der Waals surface area contributed by atoms with Gasteiger partial charge in [0, 0.05) is 23.9 Å². The van der Waals surface area contributed by atoms with Gasteiger partial charge < -0.3 is 9.67 Å². The molecule has 0 saturated carbocycles. The summed E-state index contributed by atoms with van der Waals surface area (Å²) >= 11 is 0. The van der Waals surface area contributed by atoms with Gasteiger partial charge >= 0.3 is 5.97 Å². The predicted molar refractivity (Wildman–Crippen MR) is 68.4 cm³/mol. The van der Waals surface area contributed by atoms with E-state index in [1.54, 1.807) is 6.07 Å². The first-order valence-corrected chi connectivity index (χ1v) is 5.92. The Hall–Kier alpha value is -2.28. The van der Waals surface area contributed by atoms with Crippen molar-refractivity contribution in [3.05, 3.63) is 36.0 Å². The van der Waals surface area contributed by atoms with E-state index in [9.17, 15) is 9.90 Å². The van der Waals surface area contributed by atoms with Crippen LogP contribution < -0.4 is 0 Å². The Balaban J connectivity index is 2.31. The minimum atomic E-state index is -0.911. The summed E-state index contributed by atoms with van der Waals surface area (Å²) in [6.07, 6.45) is 2.12. The molecule has 1 aromatic carbocycles. The molecule has 0 amide bonds. The lowest BCUT2D eigenvalue weighted by molar-refractivity contribution is 0.0685. The summed E-state index contributed by atoms with van der Waals surface area (Å²) in [7, 11) is 0. The van der Waals surface area contributed by atoms with Crippen LogP contribution in [-0.2, 0) is 6.54 Å². The van der Waals surface area contributed by atoms with Crippen molar-refractivity contribution in [1.82, 2.24) is 4.57 Å². The first kappa shape index (κ1) is 12.2. The van der Waals surface area contributed by atoms with Crippen molar-refractivity contribution in [3.63, 3.8) is 0 Å². The molecule has 92 valence electrons. The highest BCUT2D eigenvalue weighted by molar-refractivity contribution is 5.94. The molecule has 4 nitrogen and oxygen atoms in total. The van der Waals surface area contributed by atoms with E-state index in [4.69, 9.17) is 5.26 Å². The standard InChI is InChI=1S/C14H14N2O2/c15-8-4-1-5-9-16-12-7-3-2-6-11(12)10-13(16)14(17)18/h2-3,6-7,10H,1,4-5,9H2,(H,17,18). The molecule has 0 radical (unpaired) electrons. The second-order valence-corrected chi connectivity index (χ2v) is 4.16. The molecule has 0 saturated heterocycles. The van der Waals surface area contributed by atoms with Crippen molar-refractivity contribution in [2.24, 2.45) is 0 Å². The molecule has 18 heavy (non-hydrogen) atoms. The largest absolute Gasteiger partial charge is 0.477 e. The van der Waals surface area contributed by atoms with Crippen LogP contribution in [-0.4, -0.2) is 15.6 Å². The molecule has 0 unspecified atom stereocenters. The molecule has 0 spiro atoms. The van der Waals surface area contributed by atoms with Crippen LogP contribution in [0.3, 0.4) is 0 Å². The van der Waals surface area contributed by atoms with Crippen LogP contribution in [0.5, 0.6) is 0 Å². The summed E-state index contributed by atoms with van der Waals surface area (Å²) < 4.78 is 1.81. The van der Waals surface area contributed by atoms with Crippen LogP contribution in [0, 0.1) is 11.3 Å². The molecular weight excluding hydrogens is 228 g/mol. The fourth-order valence-electron chi connectivity index (χ4n) is 2.10. The molecule has 2 rings (SSSR count). The van der Waals surface area contributed by atoms with Gasteiger partial charge in [0.15, 0.2) is 0 Å². The van der Waals surface area contributed by atoms with E-state index < -0.39 is 5.97 Å². The predicted octanol–water partition coefficient (Wildman–Crippen LogP) is 3.03. The Morgan fingerprint density at radius 1 is 1.33 bits per heavy atom. The maximum absolute atomic E-state index is 11.2. The van der Waals surface area contributed by atoms with Gasteiger partial charge in [0.25, 0.3) is 0 Å². The molecule has 0 aliphatic rings. The van der Waals surface area contributed by atoms with E-state index in [1.807, 2.05) is 28.8 Å². The fraction of sp³-hybridized carbons (Fsp3) is 0.286. The highest BCUT2D eigenvalue weighted by Crippen LogP contribution is 2.20. The third-order valence-corrected chi connectivity index (χ3v) is 2.95. The monoisotopic (exact) mass is 242 g/mol. The molecular formula is C14H14N2O2. The SMILES string of the molecule is N#CCCCCn1c(C(=O)O)cc2ccccc21. The van der Waals surface area contributed by atoms with Crippen molar-refractivity contribution in [2.45, 2.75) is 25.8 Å². The zero-order valence-corrected chi connectivity index (χ0v) is 9.97. The summed E-state index contributed by atoms with van der Waals surface area (Å²) in [5, 5.41) is 18.6. The van der Waals surface area contributed by atoms with Crippen LogP contribution in [0.2, 0.25) is 0 Å². The van der Waals surface area contributed by atoms with E-state index in [0.29, 0.717) is 18.7 Å². The number of carboxylic acid groups (broad SMARTS) is 1. The lowest BCUT2D eigenvalue weighted by atomic mass is 10.2. The van der Waals surface area contributed by atoms with Gasteiger partial charge in [0.2, 0.25) is 0 Å². The van der Waals surface area contributed by atoms with Crippen molar-refractivity contribution in [2.75, 3.05) is 0 Å². The first-order valence-electron chi connectivity index (χ1n) is 5.92. The Labute approximate surface area is 105 Å². The van der Waals surface area contributed by atoms with E-state index >= 15 is 0 Å². The smallest absolute Gasteiger partial charge is 0.352 e. The van der Waals surface area contributed by atoms with Crippen molar-refractivity contribution in [1.29, 1.82) is 5.26 Å². The number of nitriles is 1. The van der Waals surface area contributed by atoms with Gasteiger partial charge in [0.1, 0.15) is 5.69 Å². The van der Waals surface area contributed by atoms with E-state index in [2.05, 4.69) is 6.07 Å². The second kappa shape index (κ2) is 5.37. The Morgan fingerprint density at radius 2 is 2.11 bits per heavy atom. The third-order valence-electron chi connectivity index (χ3n) is 2.95. The molecule has 4 heteroatoms. The molecule has 1 N–H and O–H groups in total. The van der Waals surface area contributed by atoms with Gasteiger partial charge in [-0.3, -0.25) is 0 Å². The Kier molecular flexibility index (Phi) is 3.63. The molecule has 0 aliphatic carbocycles. The third kappa shape index (κ3) is 2.35. The number of hydrogen-bond acceptors (Lipinski definition) is 2. The second-order valence-electron chi connectivity index (χ2n) is 4.16. The number of unbranched alkanes of at least 4 members (excludes halogenated alkanes) is 2. The van der Waals surface area contributed by atoms with Crippen LogP contribution in [0.15, 0.2) is 30.3 Å².